The van der Waals surface area contributed by atoms with E-state index in [4.69, 9.17) is 4.74 Å². The first-order chi connectivity index (χ1) is 9.62. The SMILES string of the molecule is O=C1NCC2(CCOCC2)C(=O)N1c1ccc(F)cc1. The molecular weight excluding hydrogens is 263 g/mol. The maximum atomic E-state index is 13.0. The summed E-state index contributed by atoms with van der Waals surface area (Å²) < 4.78 is 18.3. The van der Waals surface area contributed by atoms with Gasteiger partial charge in [0.2, 0.25) is 5.91 Å². The molecule has 0 atom stereocenters. The number of nitrogens with zero attached hydrogens (tertiary/aromatic N) is 1. The zero-order chi connectivity index (χ0) is 14.2. The number of nitrogens with one attached hydrogen (secondary N) is 1. The Morgan fingerprint density at radius 1 is 1.15 bits per heavy atom. The Balaban J connectivity index is 1.93. The fraction of sp³-hybridized carbons (Fsp3) is 0.429. The number of carbonyl (C=O) groups excluding carboxylic acids is 2. The molecule has 0 aromatic heterocycles. The standard InChI is InChI=1S/C14H15FN2O3/c15-10-1-3-11(4-2-10)17-12(18)14(9-16-13(17)19)5-7-20-8-6-14/h1-4H,5-9H2,(H,16,19). The van der Waals surface area contributed by atoms with Gasteiger partial charge >= 0.3 is 6.03 Å². The summed E-state index contributed by atoms with van der Waals surface area (Å²) in [5, 5.41) is 2.75. The van der Waals surface area contributed by atoms with Crippen LogP contribution in [0.3, 0.4) is 0 Å². The van der Waals surface area contributed by atoms with E-state index in [0.29, 0.717) is 38.3 Å². The lowest BCUT2D eigenvalue weighted by Gasteiger charge is -2.42. The largest absolute Gasteiger partial charge is 0.381 e. The Labute approximate surface area is 115 Å². The first-order valence-electron chi connectivity index (χ1n) is 6.58. The van der Waals surface area contributed by atoms with E-state index in [1.165, 1.54) is 24.3 Å². The van der Waals surface area contributed by atoms with Crippen molar-refractivity contribution in [2.75, 3.05) is 24.7 Å². The third-order valence-corrected chi connectivity index (χ3v) is 3.97. The molecule has 2 fully saturated rings. The quantitative estimate of drug-likeness (QED) is 0.850. The summed E-state index contributed by atoms with van der Waals surface area (Å²) >= 11 is 0. The molecule has 2 aliphatic rings. The van der Waals surface area contributed by atoms with Crippen LogP contribution in [0.25, 0.3) is 0 Å². The third-order valence-electron chi connectivity index (χ3n) is 3.97. The highest BCUT2D eigenvalue weighted by molar-refractivity contribution is 6.18. The molecule has 0 aliphatic carbocycles. The highest BCUT2D eigenvalue weighted by atomic mass is 19.1. The number of rotatable bonds is 1. The molecule has 6 heteroatoms. The monoisotopic (exact) mass is 278 g/mol. The Hall–Kier alpha value is -1.95. The van der Waals surface area contributed by atoms with Crippen molar-refractivity contribution < 1.29 is 18.7 Å². The summed E-state index contributed by atoms with van der Waals surface area (Å²) in [7, 11) is 0. The van der Waals surface area contributed by atoms with Crippen LogP contribution in [0.15, 0.2) is 24.3 Å². The Kier molecular flexibility index (Phi) is 3.17. The molecule has 1 spiro atoms. The lowest BCUT2D eigenvalue weighted by Crippen LogP contribution is -2.62. The number of amides is 3. The second-order valence-electron chi connectivity index (χ2n) is 5.17. The van der Waals surface area contributed by atoms with Crippen molar-refractivity contribution in [3.8, 4) is 0 Å². The van der Waals surface area contributed by atoms with Crippen LogP contribution in [0, 0.1) is 11.2 Å². The van der Waals surface area contributed by atoms with Crippen molar-refractivity contribution in [1.29, 1.82) is 0 Å². The molecule has 5 nitrogen and oxygen atoms in total. The van der Waals surface area contributed by atoms with Crippen molar-refractivity contribution >= 4 is 17.6 Å². The fourth-order valence-electron chi connectivity index (χ4n) is 2.71. The number of hydrogen-bond acceptors (Lipinski definition) is 3. The average Bonchev–Trinajstić information content (AvgIpc) is 2.47. The molecular formula is C14H15FN2O3. The molecule has 2 saturated heterocycles. The summed E-state index contributed by atoms with van der Waals surface area (Å²) in [6, 6.07) is 4.89. The van der Waals surface area contributed by atoms with Gasteiger partial charge < -0.3 is 10.1 Å². The van der Waals surface area contributed by atoms with Gasteiger partial charge in [0.1, 0.15) is 5.82 Å². The predicted molar refractivity (Wildman–Crippen MR) is 69.8 cm³/mol. The van der Waals surface area contributed by atoms with Crippen molar-refractivity contribution in [2.45, 2.75) is 12.8 Å². The molecule has 2 heterocycles. The van der Waals surface area contributed by atoms with Crippen LogP contribution in [0.1, 0.15) is 12.8 Å². The van der Waals surface area contributed by atoms with Gasteiger partial charge in [0.25, 0.3) is 0 Å². The number of ether oxygens (including phenoxy) is 1. The van der Waals surface area contributed by atoms with Crippen LogP contribution < -0.4 is 10.2 Å². The van der Waals surface area contributed by atoms with Gasteiger partial charge in [-0.25, -0.2) is 14.1 Å². The van der Waals surface area contributed by atoms with Gasteiger partial charge in [-0.2, -0.15) is 0 Å². The number of halogens is 1. The first kappa shape index (κ1) is 13.1. The maximum absolute atomic E-state index is 13.0. The van der Waals surface area contributed by atoms with E-state index in [1.54, 1.807) is 0 Å². The Morgan fingerprint density at radius 3 is 2.45 bits per heavy atom. The average molecular weight is 278 g/mol. The minimum absolute atomic E-state index is 0.226. The van der Waals surface area contributed by atoms with Gasteiger partial charge in [-0.1, -0.05) is 0 Å². The lowest BCUT2D eigenvalue weighted by atomic mass is 9.77. The number of urea groups is 1. The number of imide groups is 1. The van der Waals surface area contributed by atoms with E-state index in [2.05, 4.69) is 5.32 Å². The molecule has 3 amide bonds. The van der Waals surface area contributed by atoms with E-state index in [-0.39, 0.29) is 5.91 Å². The summed E-state index contributed by atoms with van der Waals surface area (Å²) in [6.07, 6.45) is 1.17. The van der Waals surface area contributed by atoms with Gasteiger partial charge in [0.05, 0.1) is 11.1 Å². The Morgan fingerprint density at radius 2 is 1.80 bits per heavy atom. The van der Waals surface area contributed by atoms with Crippen LogP contribution in [0.4, 0.5) is 14.9 Å². The summed E-state index contributed by atoms with van der Waals surface area (Å²) in [6.45, 7) is 1.36. The molecule has 1 N–H and O–H groups in total. The molecule has 20 heavy (non-hydrogen) atoms. The van der Waals surface area contributed by atoms with Crippen molar-refractivity contribution in [3.05, 3.63) is 30.1 Å². The maximum Gasteiger partial charge on any atom is 0.328 e. The smallest absolute Gasteiger partial charge is 0.328 e. The zero-order valence-electron chi connectivity index (χ0n) is 10.9. The molecule has 1 aromatic carbocycles. The van der Waals surface area contributed by atoms with E-state index in [1.807, 2.05) is 0 Å². The van der Waals surface area contributed by atoms with Gasteiger partial charge in [-0.05, 0) is 37.1 Å². The summed E-state index contributed by atoms with van der Waals surface area (Å²) in [5.41, 5.74) is -0.208. The minimum atomic E-state index is -0.597. The fourth-order valence-corrected chi connectivity index (χ4v) is 2.71. The summed E-state index contributed by atoms with van der Waals surface area (Å²) in [4.78, 5) is 25.8. The van der Waals surface area contributed by atoms with E-state index < -0.39 is 17.3 Å². The lowest BCUT2D eigenvalue weighted by molar-refractivity contribution is -0.133. The molecule has 0 radical (unpaired) electrons. The van der Waals surface area contributed by atoms with Crippen molar-refractivity contribution in [3.63, 3.8) is 0 Å². The molecule has 0 saturated carbocycles. The number of hydrogen-bond donors (Lipinski definition) is 1. The van der Waals surface area contributed by atoms with Gasteiger partial charge in [0.15, 0.2) is 0 Å². The number of benzene rings is 1. The van der Waals surface area contributed by atoms with Crippen molar-refractivity contribution in [2.24, 2.45) is 5.41 Å². The molecule has 0 bridgehead atoms. The number of carbonyl (C=O) groups is 2. The van der Waals surface area contributed by atoms with E-state index >= 15 is 0 Å². The Bertz CT molecular complexity index is 538. The second-order valence-corrected chi connectivity index (χ2v) is 5.17. The van der Waals surface area contributed by atoms with Crippen LogP contribution in [0.5, 0.6) is 0 Å². The minimum Gasteiger partial charge on any atom is -0.381 e. The van der Waals surface area contributed by atoms with Crippen LogP contribution in [0.2, 0.25) is 0 Å². The molecule has 1 aromatic rings. The van der Waals surface area contributed by atoms with Gasteiger partial charge in [-0.15, -0.1) is 0 Å². The molecule has 0 unspecified atom stereocenters. The number of anilines is 1. The molecule has 3 rings (SSSR count). The normalized spacial score (nSPS) is 21.9. The van der Waals surface area contributed by atoms with Crippen LogP contribution in [-0.4, -0.2) is 31.7 Å². The van der Waals surface area contributed by atoms with E-state index in [9.17, 15) is 14.0 Å². The zero-order valence-corrected chi connectivity index (χ0v) is 10.9. The second kappa shape index (κ2) is 4.86. The van der Waals surface area contributed by atoms with Crippen LogP contribution in [-0.2, 0) is 9.53 Å². The van der Waals surface area contributed by atoms with Crippen LogP contribution >= 0.6 is 0 Å². The highest BCUT2D eigenvalue weighted by Gasteiger charge is 2.48. The van der Waals surface area contributed by atoms with Gasteiger partial charge in [-0.3, -0.25) is 4.79 Å². The third kappa shape index (κ3) is 2.06. The topological polar surface area (TPSA) is 58.6 Å². The molecule has 2 aliphatic heterocycles. The molecule has 106 valence electrons. The first-order valence-corrected chi connectivity index (χ1v) is 6.58. The predicted octanol–water partition coefficient (Wildman–Crippen LogP) is 1.68. The summed E-state index contributed by atoms with van der Waals surface area (Å²) in [5.74, 6) is -0.629. The van der Waals surface area contributed by atoms with Gasteiger partial charge in [0, 0.05) is 19.8 Å². The van der Waals surface area contributed by atoms with Crippen molar-refractivity contribution in [1.82, 2.24) is 5.32 Å². The van der Waals surface area contributed by atoms with E-state index in [0.717, 1.165) is 4.90 Å². The highest BCUT2D eigenvalue weighted by Crippen LogP contribution is 2.36.